The molecular formula is C54H39N3S. The zero-order chi connectivity index (χ0) is 38.4. The zero-order valence-corrected chi connectivity index (χ0v) is 32.6. The molecule has 1 unspecified atom stereocenters. The average molecular weight is 762 g/mol. The zero-order valence-electron chi connectivity index (χ0n) is 31.8. The number of nitrogens with one attached hydrogen (secondary N) is 1. The Morgan fingerprint density at radius 1 is 0.500 bits per heavy atom. The van der Waals surface area contributed by atoms with Gasteiger partial charge < -0.3 is 14.8 Å². The summed E-state index contributed by atoms with van der Waals surface area (Å²) >= 11 is 1.87. The number of rotatable bonds is 8. The van der Waals surface area contributed by atoms with E-state index in [-0.39, 0.29) is 6.04 Å². The van der Waals surface area contributed by atoms with Gasteiger partial charge >= 0.3 is 0 Å². The lowest BCUT2D eigenvalue weighted by Gasteiger charge is -2.33. The number of aromatic nitrogens is 1. The fraction of sp³-hybridized carbons (Fsp3) is 0.0370. The third-order valence-electron chi connectivity index (χ3n) is 11.5. The standard InChI is InChI=1S/C54H39N3S/c1-4-15-37(16-5-1)38-29-33-43(34-30-38)57(50-27-13-23-46-45-21-10-11-28-51(45)58-54(46)50)49-26-14-25-48-52(49)47-24-12-22-44(53(47)55-48)39-31-35-42(36-32-39)56(40-17-6-2-7-18-40)41-19-8-3-9-20-41/h1-35,42,55H,36H2. The Morgan fingerprint density at radius 2 is 1.12 bits per heavy atom. The van der Waals surface area contributed by atoms with Gasteiger partial charge in [-0.05, 0) is 83.8 Å². The molecule has 2 aromatic heterocycles. The van der Waals surface area contributed by atoms with Gasteiger partial charge in [-0.15, -0.1) is 11.3 Å². The third-order valence-corrected chi connectivity index (χ3v) is 12.7. The van der Waals surface area contributed by atoms with Crippen molar-refractivity contribution in [3.63, 3.8) is 0 Å². The second-order valence-corrected chi connectivity index (χ2v) is 16.0. The van der Waals surface area contributed by atoms with Crippen molar-refractivity contribution in [1.82, 2.24) is 4.98 Å². The van der Waals surface area contributed by atoms with Crippen molar-refractivity contribution >= 4 is 87.3 Å². The number of allylic oxidation sites excluding steroid dienone is 2. The van der Waals surface area contributed by atoms with Crippen LogP contribution in [0.2, 0.25) is 0 Å². The maximum absolute atomic E-state index is 3.91. The summed E-state index contributed by atoms with van der Waals surface area (Å²) in [5.74, 6) is 0. The monoisotopic (exact) mass is 761 g/mol. The number of hydrogen-bond acceptors (Lipinski definition) is 3. The van der Waals surface area contributed by atoms with Crippen LogP contribution in [0.5, 0.6) is 0 Å². The van der Waals surface area contributed by atoms with E-state index in [2.05, 4.69) is 227 Å². The van der Waals surface area contributed by atoms with Crippen molar-refractivity contribution in [2.75, 3.05) is 9.80 Å². The minimum Gasteiger partial charge on any atom is -0.354 e. The summed E-state index contributed by atoms with van der Waals surface area (Å²) in [6.07, 6.45) is 7.99. The Hall–Kier alpha value is -7.14. The summed E-state index contributed by atoms with van der Waals surface area (Å²) in [5.41, 5.74) is 13.0. The van der Waals surface area contributed by atoms with Gasteiger partial charge in [0.25, 0.3) is 0 Å². The van der Waals surface area contributed by atoms with Gasteiger partial charge in [0.1, 0.15) is 0 Å². The Balaban J connectivity index is 1.04. The average Bonchev–Trinajstić information content (AvgIpc) is 3.88. The molecule has 0 saturated carbocycles. The van der Waals surface area contributed by atoms with Gasteiger partial charge in [0.15, 0.2) is 0 Å². The van der Waals surface area contributed by atoms with E-state index in [1.807, 2.05) is 11.3 Å². The first-order chi connectivity index (χ1) is 28.8. The number of H-pyrrole nitrogens is 1. The molecule has 0 saturated heterocycles. The van der Waals surface area contributed by atoms with Crippen molar-refractivity contribution in [1.29, 1.82) is 0 Å². The molecule has 0 aliphatic heterocycles. The Bertz CT molecular complexity index is 3100. The number of para-hydroxylation sites is 3. The number of benzene rings is 8. The normalized spacial score (nSPS) is 14.0. The number of anilines is 5. The fourth-order valence-corrected chi connectivity index (χ4v) is 10.0. The molecule has 10 aromatic rings. The highest BCUT2D eigenvalue weighted by Gasteiger charge is 2.24. The minimum absolute atomic E-state index is 0.195. The SMILES string of the molecule is C1=CC(N(c2ccccc2)c2ccccc2)CC=C1c1cccc2c1[nH]c1cccc(N(c3ccc(-c4ccccc4)cc3)c3cccc4c3sc3ccccc34)c12. The molecule has 0 radical (unpaired) electrons. The molecule has 0 amide bonds. The van der Waals surface area contributed by atoms with Crippen LogP contribution in [0.25, 0.3) is 58.7 Å². The van der Waals surface area contributed by atoms with Gasteiger partial charge in [-0.2, -0.15) is 0 Å². The maximum Gasteiger partial charge on any atom is 0.0640 e. The number of hydrogen-bond donors (Lipinski definition) is 1. The molecule has 8 aromatic carbocycles. The van der Waals surface area contributed by atoms with E-state index in [4.69, 9.17) is 0 Å². The van der Waals surface area contributed by atoms with E-state index in [0.717, 1.165) is 28.8 Å². The van der Waals surface area contributed by atoms with Crippen molar-refractivity contribution in [2.24, 2.45) is 0 Å². The molecule has 1 N–H and O–H groups in total. The van der Waals surface area contributed by atoms with Crippen LogP contribution < -0.4 is 9.80 Å². The molecule has 2 heterocycles. The van der Waals surface area contributed by atoms with Crippen molar-refractivity contribution in [3.8, 4) is 11.1 Å². The first kappa shape index (κ1) is 34.1. The fourth-order valence-electron chi connectivity index (χ4n) is 8.84. The lowest BCUT2D eigenvalue weighted by atomic mass is 9.94. The number of nitrogens with zero attached hydrogens (tertiary/aromatic N) is 2. The van der Waals surface area contributed by atoms with Gasteiger partial charge in [-0.3, -0.25) is 0 Å². The van der Waals surface area contributed by atoms with Crippen molar-refractivity contribution in [2.45, 2.75) is 12.5 Å². The van der Waals surface area contributed by atoms with E-state index < -0.39 is 0 Å². The summed E-state index contributed by atoms with van der Waals surface area (Å²) in [7, 11) is 0. The summed E-state index contributed by atoms with van der Waals surface area (Å²) in [4.78, 5) is 8.82. The van der Waals surface area contributed by atoms with E-state index >= 15 is 0 Å². The Labute approximate surface area is 342 Å². The summed E-state index contributed by atoms with van der Waals surface area (Å²) in [5, 5.41) is 5.00. The molecule has 1 aliphatic rings. The number of aromatic amines is 1. The largest absolute Gasteiger partial charge is 0.354 e. The molecule has 11 rings (SSSR count). The van der Waals surface area contributed by atoms with Gasteiger partial charge in [0, 0.05) is 54.4 Å². The molecule has 4 heteroatoms. The van der Waals surface area contributed by atoms with Crippen LogP contribution in [-0.2, 0) is 0 Å². The second kappa shape index (κ2) is 14.4. The number of thiophene rings is 1. The van der Waals surface area contributed by atoms with Crippen LogP contribution in [0.1, 0.15) is 12.0 Å². The van der Waals surface area contributed by atoms with Crippen LogP contribution in [0.3, 0.4) is 0 Å². The van der Waals surface area contributed by atoms with E-state index in [0.29, 0.717) is 0 Å². The lowest BCUT2D eigenvalue weighted by Crippen LogP contribution is -2.30. The van der Waals surface area contributed by atoms with E-state index in [1.165, 1.54) is 70.3 Å². The van der Waals surface area contributed by atoms with Crippen LogP contribution in [0, 0.1) is 0 Å². The van der Waals surface area contributed by atoms with Crippen LogP contribution in [-0.4, -0.2) is 11.0 Å². The van der Waals surface area contributed by atoms with Gasteiger partial charge in [-0.1, -0.05) is 152 Å². The smallest absolute Gasteiger partial charge is 0.0640 e. The first-order valence-electron chi connectivity index (χ1n) is 20.0. The van der Waals surface area contributed by atoms with Gasteiger partial charge in [-0.25, -0.2) is 0 Å². The molecular weight excluding hydrogens is 723 g/mol. The van der Waals surface area contributed by atoms with Crippen LogP contribution >= 0.6 is 11.3 Å². The molecule has 1 atom stereocenters. The molecule has 3 nitrogen and oxygen atoms in total. The second-order valence-electron chi connectivity index (χ2n) is 14.9. The molecule has 0 spiro atoms. The molecule has 0 fully saturated rings. The highest BCUT2D eigenvalue weighted by molar-refractivity contribution is 7.26. The Morgan fingerprint density at radius 3 is 1.86 bits per heavy atom. The van der Waals surface area contributed by atoms with E-state index in [9.17, 15) is 0 Å². The Kier molecular flexibility index (Phi) is 8.49. The lowest BCUT2D eigenvalue weighted by molar-refractivity contribution is 0.787. The molecule has 276 valence electrons. The molecule has 58 heavy (non-hydrogen) atoms. The van der Waals surface area contributed by atoms with Crippen LogP contribution in [0.15, 0.2) is 212 Å². The summed E-state index contributed by atoms with van der Waals surface area (Å²) in [6.45, 7) is 0. The van der Waals surface area contributed by atoms with Gasteiger partial charge in [0.05, 0.1) is 27.6 Å². The molecule has 1 aliphatic carbocycles. The highest BCUT2D eigenvalue weighted by atomic mass is 32.1. The van der Waals surface area contributed by atoms with E-state index in [1.54, 1.807) is 0 Å². The minimum atomic E-state index is 0.195. The number of fused-ring (bicyclic) bond motifs is 6. The molecule has 0 bridgehead atoms. The summed E-state index contributed by atoms with van der Waals surface area (Å²) in [6, 6.07) is 70.3. The topological polar surface area (TPSA) is 22.3 Å². The predicted molar refractivity (Wildman–Crippen MR) is 249 cm³/mol. The predicted octanol–water partition coefficient (Wildman–Crippen LogP) is 15.4. The highest BCUT2D eigenvalue weighted by Crippen LogP contribution is 2.48. The first-order valence-corrected chi connectivity index (χ1v) is 20.8. The van der Waals surface area contributed by atoms with Gasteiger partial charge in [0.2, 0.25) is 0 Å². The van der Waals surface area contributed by atoms with Crippen molar-refractivity contribution < 1.29 is 0 Å². The van der Waals surface area contributed by atoms with Crippen LogP contribution in [0.4, 0.5) is 28.4 Å². The summed E-state index contributed by atoms with van der Waals surface area (Å²) < 4.78 is 2.58. The van der Waals surface area contributed by atoms with Crippen molar-refractivity contribution in [3.05, 3.63) is 218 Å². The maximum atomic E-state index is 3.91. The quantitative estimate of drug-likeness (QED) is 0.167. The third kappa shape index (κ3) is 5.89.